The second-order valence-electron chi connectivity index (χ2n) is 10.8. The van der Waals surface area contributed by atoms with Crippen LogP contribution in [0.2, 0.25) is 0 Å². The van der Waals surface area contributed by atoms with Crippen LogP contribution in [0.4, 0.5) is 0 Å². The summed E-state index contributed by atoms with van der Waals surface area (Å²) in [5.74, 6) is 0. The molecule has 0 spiro atoms. The lowest BCUT2D eigenvalue weighted by Crippen LogP contribution is -1.80. The van der Waals surface area contributed by atoms with Gasteiger partial charge in [0.25, 0.3) is 0 Å². The standard InChI is InChI=1S/2C20H12/c1-2-8-15-13(5-1)11-12-17-16-9-3-6-14-7-4-10-18(19(14)16)20(15)17;1-2-7-14-13(6-1)12-19-16-9-4-3-8-15(16)18-11-5-10-17(14)20(18)19/h2*1-12H. The maximum atomic E-state index is 2.34. The number of hydrogen-bond donors (Lipinski definition) is 0. The highest BCUT2D eigenvalue weighted by Crippen LogP contribution is 2.50. The van der Waals surface area contributed by atoms with Gasteiger partial charge in [-0.2, -0.15) is 0 Å². The van der Waals surface area contributed by atoms with Gasteiger partial charge in [0.2, 0.25) is 0 Å². The molecule has 0 radical (unpaired) electrons. The summed E-state index contributed by atoms with van der Waals surface area (Å²) < 4.78 is 0. The van der Waals surface area contributed by atoms with Crippen molar-refractivity contribution in [2.75, 3.05) is 0 Å². The van der Waals surface area contributed by atoms with Crippen molar-refractivity contribution in [3.63, 3.8) is 0 Å². The second-order valence-corrected chi connectivity index (χ2v) is 10.8. The van der Waals surface area contributed by atoms with E-state index in [2.05, 4.69) is 146 Å². The van der Waals surface area contributed by atoms with Gasteiger partial charge in [0.1, 0.15) is 0 Å². The summed E-state index contributed by atoms with van der Waals surface area (Å²) in [6.45, 7) is 0. The van der Waals surface area contributed by atoms with Gasteiger partial charge in [0.05, 0.1) is 0 Å². The van der Waals surface area contributed by atoms with Crippen LogP contribution in [-0.4, -0.2) is 0 Å². The third kappa shape index (κ3) is 2.91. The van der Waals surface area contributed by atoms with E-state index >= 15 is 0 Å². The molecule has 2 aliphatic carbocycles. The van der Waals surface area contributed by atoms with E-state index in [1.54, 1.807) is 0 Å². The summed E-state index contributed by atoms with van der Waals surface area (Å²) in [7, 11) is 0. The van der Waals surface area contributed by atoms with Gasteiger partial charge in [0.15, 0.2) is 0 Å². The first-order chi connectivity index (χ1) is 19.9. The molecule has 40 heavy (non-hydrogen) atoms. The summed E-state index contributed by atoms with van der Waals surface area (Å²) in [4.78, 5) is 0. The maximum Gasteiger partial charge on any atom is -0.00199 e. The van der Waals surface area contributed by atoms with E-state index in [-0.39, 0.29) is 0 Å². The average Bonchev–Trinajstić information content (AvgIpc) is 3.53. The molecular weight excluding hydrogens is 480 g/mol. The number of hydrogen-bond acceptors (Lipinski definition) is 0. The van der Waals surface area contributed by atoms with E-state index in [4.69, 9.17) is 0 Å². The van der Waals surface area contributed by atoms with E-state index < -0.39 is 0 Å². The Hall–Kier alpha value is -5.20. The largest absolute Gasteiger partial charge is 0.0616 e. The Morgan fingerprint density at radius 1 is 0.250 bits per heavy atom. The Morgan fingerprint density at radius 2 is 0.800 bits per heavy atom. The van der Waals surface area contributed by atoms with Gasteiger partial charge in [-0.05, 0) is 93.7 Å². The van der Waals surface area contributed by atoms with Gasteiger partial charge < -0.3 is 0 Å². The summed E-state index contributed by atoms with van der Waals surface area (Å²) in [6.07, 6.45) is 0. The van der Waals surface area contributed by atoms with E-state index in [9.17, 15) is 0 Å². The minimum atomic E-state index is 1.32. The molecule has 184 valence electrons. The lowest BCUT2D eigenvalue weighted by molar-refractivity contribution is 1.70. The van der Waals surface area contributed by atoms with E-state index in [1.165, 1.54) is 87.6 Å². The van der Waals surface area contributed by atoms with Crippen molar-refractivity contribution < 1.29 is 0 Å². The van der Waals surface area contributed by atoms with Gasteiger partial charge in [-0.25, -0.2) is 0 Å². The topological polar surface area (TPSA) is 0 Å². The van der Waals surface area contributed by atoms with Crippen LogP contribution >= 0.6 is 0 Å². The number of fused-ring (bicyclic) bond motifs is 10. The monoisotopic (exact) mass is 504 g/mol. The van der Waals surface area contributed by atoms with Crippen molar-refractivity contribution >= 4 is 43.1 Å². The molecule has 0 N–H and O–H groups in total. The molecule has 0 saturated carbocycles. The molecule has 0 heterocycles. The van der Waals surface area contributed by atoms with Gasteiger partial charge in [0, 0.05) is 0 Å². The van der Waals surface area contributed by atoms with Crippen molar-refractivity contribution in [3.05, 3.63) is 146 Å². The summed E-state index contributed by atoms with van der Waals surface area (Å²) in [5, 5.41) is 10.9. The zero-order chi connectivity index (χ0) is 26.2. The van der Waals surface area contributed by atoms with Crippen LogP contribution in [0, 0.1) is 0 Å². The number of rotatable bonds is 0. The van der Waals surface area contributed by atoms with Crippen molar-refractivity contribution in [1.82, 2.24) is 0 Å². The molecule has 0 heteroatoms. The molecule has 0 unspecified atom stereocenters. The van der Waals surface area contributed by atoms with E-state index in [0.29, 0.717) is 0 Å². The molecule has 0 bridgehead atoms. The molecule has 0 atom stereocenters. The maximum absolute atomic E-state index is 2.34. The molecule has 8 aromatic rings. The lowest BCUT2D eigenvalue weighted by atomic mass is 9.97. The van der Waals surface area contributed by atoms with Gasteiger partial charge in [-0.15, -0.1) is 0 Å². The van der Waals surface area contributed by atoms with Crippen LogP contribution in [0.1, 0.15) is 0 Å². The molecule has 0 aliphatic heterocycles. The first kappa shape index (κ1) is 21.7. The highest BCUT2D eigenvalue weighted by molar-refractivity contribution is 6.23. The Bertz CT molecular complexity index is 2310. The smallest absolute Gasteiger partial charge is 0.00199 e. The fourth-order valence-electron chi connectivity index (χ4n) is 7.11. The zero-order valence-corrected chi connectivity index (χ0v) is 21.9. The zero-order valence-electron chi connectivity index (χ0n) is 21.9. The van der Waals surface area contributed by atoms with Crippen LogP contribution in [0.25, 0.3) is 87.6 Å². The van der Waals surface area contributed by atoms with Gasteiger partial charge in [-0.3, -0.25) is 0 Å². The van der Waals surface area contributed by atoms with E-state index in [0.717, 1.165) is 0 Å². The predicted octanol–water partition coefficient (Wildman–Crippen LogP) is 11.3. The normalized spacial score (nSPS) is 12.0. The molecule has 0 nitrogen and oxygen atoms in total. The van der Waals surface area contributed by atoms with Gasteiger partial charge >= 0.3 is 0 Å². The third-order valence-corrected chi connectivity index (χ3v) is 8.79. The minimum Gasteiger partial charge on any atom is -0.0616 e. The third-order valence-electron chi connectivity index (χ3n) is 8.79. The highest BCUT2D eigenvalue weighted by Gasteiger charge is 2.23. The Balaban J connectivity index is 0.000000115. The molecule has 10 rings (SSSR count). The first-order valence-corrected chi connectivity index (χ1v) is 14.0. The Morgan fingerprint density at radius 3 is 1.62 bits per heavy atom. The molecule has 8 aromatic carbocycles. The Kier molecular flexibility index (Phi) is 4.42. The molecule has 0 amide bonds. The van der Waals surface area contributed by atoms with E-state index in [1.807, 2.05) is 0 Å². The SMILES string of the molecule is c1ccc2c(c1)-c1cccc3c1c-2cc1ccccc13.c1ccc2c3c(ccc2c1)-c1cccc2cccc-3c12. The van der Waals surface area contributed by atoms with Crippen molar-refractivity contribution in [1.29, 1.82) is 0 Å². The quantitative estimate of drug-likeness (QED) is 0.180. The van der Waals surface area contributed by atoms with Crippen LogP contribution in [-0.2, 0) is 0 Å². The molecule has 0 aromatic heterocycles. The first-order valence-electron chi connectivity index (χ1n) is 14.0. The second kappa shape index (κ2) is 8.15. The molecular formula is C40H24. The fourth-order valence-corrected chi connectivity index (χ4v) is 7.11. The van der Waals surface area contributed by atoms with Crippen LogP contribution in [0.5, 0.6) is 0 Å². The van der Waals surface area contributed by atoms with Crippen molar-refractivity contribution in [3.8, 4) is 44.5 Å². The lowest BCUT2D eigenvalue weighted by Gasteiger charge is -2.07. The van der Waals surface area contributed by atoms with Crippen LogP contribution in [0.15, 0.2) is 146 Å². The van der Waals surface area contributed by atoms with Crippen molar-refractivity contribution in [2.24, 2.45) is 0 Å². The summed E-state index contributed by atoms with van der Waals surface area (Å²) >= 11 is 0. The molecule has 2 aliphatic rings. The Labute approximate surface area is 232 Å². The van der Waals surface area contributed by atoms with Crippen LogP contribution in [0.3, 0.4) is 0 Å². The number of benzene rings is 8. The molecule has 0 saturated heterocycles. The summed E-state index contributed by atoms with van der Waals surface area (Å²) in [5.41, 5.74) is 11.0. The molecule has 0 fully saturated rings. The average molecular weight is 505 g/mol. The predicted molar refractivity (Wildman–Crippen MR) is 172 cm³/mol. The van der Waals surface area contributed by atoms with Crippen molar-refractivity contribution in [2.45, 2.75) is 0 Å². The highest BCUT2D eigenvalue weighted by atomic mass is 14.3. The van der Waals surface area contributed by atoms with Crippen LogP contribution < -0.4 is 0 Å². The minimum absolute atomic E-state index is 1.32. The fraction of sp³-hybridized carbons (Fsp3) is 0. The van der Waals surface area contributed by atoms with Gasteiger partial charge in [-0.1, -0.05) is 140 Å². The summed E-state index contributed by atoms with van der Waals surface area (Å²) in [6, 6.07) is 52.8.